The predicted molar refractivity (Wildman–Crippen MR) is 128 cm³/mol. The number of fused-ring (bicyclic) bond motifs is 1. The van der Waals surface area contributed by atoms with E-state index in [1.165, 1.54) is 16.3 Å². The molecule has 1 amide bonds. The highest BCUT2D eigenvalue weighted by Gasteiger charge is 2.14. The third-order valence-electron chi connectivity index (χ3n) is 4.98. The van der Waals surface area contributed by atoms with Crippen LogP contribution in [0.2, 0.25) is 0 Å². The van der Waals surface area contributed by atoms with E-state index in [0.717, 1.165) is 26.5 Å². The summed E-state index contributed by atoms with van der Waals surface area (Å²) in [6, 6.07) is 24.2. The zero-order valence-electron chi connectivity index (χ0n) is 17.1. The van der Waals surface area contributed by atoms with E-state index in [0.29, 0.717) is 5.69 Å². The Bertz CT molecular complexity index is 1490. The molecule has 0 aliphatic rings. The first kappa shape index (κ1) is 19.8. The lowest BCUT2D eigenvalue weighted by Gasteiger charge is -2.08. The van der Waals surface area contributed by atoms with E-state index >= 15 is 0 Å². The van der Waals surface area contributed by atoms with Crippen LogP contribution in [0.4, 0.5) is 5.69 Å². The molecule has 7 heteroatoms. The molecule has 0 radical (unpaired) electrons. The van der Waals surface area contributed by atoms with Gasteiger partial charge in [-0.15, -0.1) is 11.3 Å². The third kappa shape index (κ3) is 3.93. The lowest BCUT2D eigenvalue weighted by atomic mass is 10.2. The predicted octanol–water partition coefficient (Wildman–Crippen LogP) is 5.07. The van der Waals surface area contributed by atoms with Gasteiger partial charge in [0.05, 0.1) is 15.9 Å². The number of aromatic nitrogens is 3. The summed E-state index contributed by atoms with van der Waals surface area (Å²) in [7, 11) is 0. The number of aryl methyl sites for hydroxylation is 1. The first-order valence-corrected chi connectivity index (χ1v) is 10.8. The van der Waals surface area contributed by atoms with E-state index < -0.39 is 11.3 Å². The molecule has 0 saturated heterocycles. The first-order chi connectivity index (χ1) is 15.6. The monoisotopic (exact) mass is 438 g/mol. The van der Waals surface area contributed by atoms with Crippen LogP contribution >= 0.6 is 11.3 Å². The fourth-order valence-electron chi connectivity index (χ4n) is 3.33. The molecule has 0 aliphatic carbocycles. The average molecular weight is 439 g/mol. The van der Waals surface area contributed by atoms with Crippen LogP contribution in [-0.4, -0.2) is 20.7 Å². The zero-order valence-corrected chi connectivity index (χ0v) is 18.0. The minimum atomic E-state index is -0.552. The summed E-state index contributed by atoms with van der Waals surface area (Å²) in [6.07, 6.45) is 1.54. The van der Waals surface area contributed by atoms with Gasteiger partial charge in [0.25, 0.3) is 5.91 Å². The summed E-state index contributed by atoms with van der Waals surface area (Å²) in [6.45, 7) is 2.06. The van der Waals surface area contributed by atoms with Crippen molar-refractivity contribution in [3.05, 3.63) is 107 Å². The Morgan fingerprint density at radius 2 is 1.75 bits per heavy atom. The van der Waals surface area contributed by atoms with Crippen molar-refractivity contribution in [1.29, 1.82) is 0 Å². The summed E-state index contributed by atoms with van der Waals surface area (Å²) < 4.78 is 2.65. The molecule has 5 aromatic rings. The summed E-state index contributed by atoms with van der Waals surface area (Å²) in [4.78, 5) is 29.7. The Labute approximate surface area is 187 Å². The van der Waals surface area contributed by atoms with Gasteiger partial charge < -0.3 is 5.32 Å². The molecule has 0 saturated carbocycles. The highest BCUT2D eigenvalue weighted by Crippen LogP contribution is 2.31. The number of thiazole rings is 1. The minimum Gasteiger partial charge on any atom is -0.320 e. The molecule has 2 aromatic heterocycles. The van der Waals surface area contributed by atoms with Crippen LogP contribution in [0.3, 0.4) is 0 Å². The van der Waals surface area contributed by atoms with E-state index in [1.54, 1.807) is 29.7 Å². The van der Waals surface area contributed by atoms with Gasteiger partial charge in [-0.2, -0.15) is 5.10 Å². The summed E-state index contributed by atoms with van der Waals surface area (Å²) in [5, 5.41) is 7.89. The molecule has 0 aliphatic heterocycles. The number of para-hydroxylation sites is 1. The Kier molecular flexibility index (Phi) is 5.09. The van der Waals surface area contributed by atoms with Gasteiger partial charge in [-0.3, -0.25) is 9.59 Å². The average Bonchev–Trinajstić information content (AvgIpc) is 3.23. The molecular formula is C25H18N4O2S. The van der Waals surface area contributed by atoms with Crippen molar-refractivity contribution in [2.24, 2.45) is 0 Å². The second-order valence-electron chi connectivity index (χ2n) is 7.33. The van der Waals surface area contributed by atoms with E-state index in [2.05, 4.69) is 28.4 Å². The van der Waals surface area contributed by atoms with Crippen LogP contribution in [0.1, 0.15) is 16.1 Å². The Morgan fingerprint density at radius 3 is 2.53 bits per heavy atom. The van der Waals surface area contributed by atoms with Gasteiger partial charge in [0.1, 0.15) is 5.01 Å². The van der Waals surface area contributed by atoms with Crippen LogP contribution < -0.4 is 10.7 Å². The number of anilines is 1. The molecule has 0 unspecified atom stereocenters. The largest absolute Gasteiger partial charge is 0.320 e. The number of nitrogens with one attached hydrogen (secondary N) is 1. The van der Waals surface area contributed by atoms with Crippen molar-refractivity contribution in [3.63, 3.8) is 0 Å². The highest BCUT2D eigenvalue weighted by molar-refractivity contribution is 7.21. The third-order valence-corrected chi connectivity index (χ3v) is 6.04. The maximum atomic E-state index is 12.7. The summed E-state index contributed by atoms with van der Waals surface area (Å²) >= 11 is 1.63. The van der Waals surface area contributed by atoms with Crippen molar-refractivity contribution in [2.75, 3.05) is 5.32 Å². The van der Waals surface area contributed by atoms with E-state index in [4.69, 9.17) is 0 Å². The fraction of sp³-hybridized carbons (Fsp3) is 0.0400. The molecule has 1 N–H and O–H groups in total. The molecule has 2 heterocycles. The SMILES string of the molecule is Cc1ccc2nc(-c3ccc(NC(=O)c4nn(-c5ccccc5)ccc4=O)cc3)sc2c1. The molecular weight excluding hydrogens is 420 g/mol. The van der Waals surface area contributed by atoms with E-state index in [1.807, 2.05) is 54.6 Å². The van der Waals surface area contributed by atoms with E-state index in [9.17, 15) is 9.59 Å². The van der Waals surface area contributed by atoms with Gasteiger partial charge in [-0.1, -0.05) is 24.3 Å². The number of rotatable bonds is 4. The molecule has 156 valence electrons. The minimum absolute atomic E-state index is 0.165. The van der Waals surface area contributed by atoms with Gasteiger partial charge in [0.15, 0.2) is 5.69 Å². The molecule has 3 aromatic carbocycles. The lowest BCUT2D eigenvalue weighted by Crippen LogP contribution is -2.25. The zero-order chi connectivity index (χ0) is 22.1. The van der Waals surface area contributed by atoms with Gasteiger partial charge >= 0.3 is 0 Å². The topological polar surface area (TPSA) is 76.9 Å². The second kappa shape index (κ2) is 8.20. The number of nitrogens with zero attached hydrogens (tertiary/aromatic N) is 3. The Morgan fingerprint density at radius 1 is 0.969 bits per heavy atom. The molecule has 0 atom stereocenters. The summed E-state index contributed by atoms with van der Waals surface area (Å²) in [5.41, 5.74) is 3.87. The van der Waals surface area contributed by atoms with Crippen molar-refractivity contribution >= 4 is 33.1 Å². The van der Waals surface area contributed by atoms with Gasteiger partial charge in [0, 0.05) is 23.5 Å². The van der Waals surface area contributed by atoms with Crippen LogP contribution in [0.25, 0.3) is 26.5 Å². The van der Waals surface area contributed by atoms with Crippen LogP contribution in [0.15, 0.2) is 89.9 Å². The highest BCUT2D eigenvalue weighted by atomic mass is 32.1. The van der Waals surface area contributed by atoms with Crippen molar-refractivity contribution in [1.82, 2.24) is 14.8 Å². The number of benzene rings is 3. The Hall–Kier alpha value is -4.10. The van der Waals surface area contributed by atoms with Gasteiger partial charge in [-0.25, -0.2) is 9.67 Å². The maximum Gasteiger partial charge on any atom is 0.280 e. The van der Waals surface area contributed by atoms with Crippen LogP contribution in [0.5, 0.6) is 0 Å². The van der Waals surface area contributed by atoms with Crippen molar-refractivity contribution in [2.45, 2.75) is 6.92 Å². The molecule has 0 spiro atoms. The number of carbonyl (C=O) groups is 1. The Balaban J connectivity index is 1.37. The normalized spacial score (nSPS) is 10.9. The second-order valence-corrected chi connectivity index (χ2v) is 8.36. The quantitative estimate of drug-likeness (QED) is 0.425. The smallest absolute Gasteiger partial charge is 0.280 e. The summed E-state index contributed by atoms with van der Waals surface area (Å²) in [5.74, 6) is -0.552. The first-order valence-electron chi connectivity index (χ1n) is 10.0. The molecule has 32 heavy (non-hydrogen) atoms. The van der Waals surface area contributed by atoms with Gasteiger partial charge in [0.2, 0.25) is 5.43 Å². The van der Waals surface area contributed by atoms with Crippen molar-refractivity contribution < 1.29 is 4.79 Å². The fourth-order valence-corrected chi connectivity index (χ4v) is 4.40. The lowest BCUT2D eigenvalue weighted by molar-refractivity contribution is 0.101. The maximum absolute atomic E-state index is 12.7. The van der Waals surface area contributed by atoms with E-state index in [-0.39, 0.29) is 5.69 Å². The molecule has 0 fully saturated rings. The number of carbonyl (C=O) groups excluding carboxylic acids is 1. The molecule has 6 nitrogen and oxygen atoms in total. The van der Waals surface area contributed by atoms with Crippen LogP contribution in [0, 0.1) is 6.92 Å². The number of hydrogen-bond donors (Lipinski definition) is 1. The molecule has 0 bridgehead atoms. The number of amides is 1. The standard InChI is InChI=1S/C25H18N4O2S/c1-16-7-12-20-22(15-16)32-25(27-20)17-8-10-18(11-9-17)26-24(31)23-21(30)13-14-29(28-23)19-5-3-2-4-6-19/h2-15H,1H3,(H,26,31). The van der Waals surface area contributed by atoms with Crippen molar-refractivity contribution in [3.8, 4) is 16.3 Å². The number of hydrogen-bond acceptors (Lipinski definition) is 5. The van der Waals surface area contributed by atoms with Crippen LogP contribution in [-0.2, 0) is 0 Å². The molecule has 5 rings (SSSR count). The van der Waals surface area contributed by atoms with Gasteiger partial charge in [-0.05, 0) is 61.0 Å².